The molecule has 0 aliphatic carbocycles. The van der Waals surface area contributed by atoms with Gasteiger partial charge in [-0.2, -0.15) is 0 Å². The van der Waals surface area contributed by atoms with Gasteiger partial charge >= 0.3 is 0 Å². The lowest BCUT2D eigenvalue weighted by atomic mass is 10.2. The third-order valence-corrected chi connectivity index (χ3v) is 3.48. The molecule has 2 nitrogen and oxygen atoms in total. The quantitative estimate of drug-likeness (QED) is 0.728. The number of hydrogen-bond acceptors (Lipinski definition) is 1. The number of carbonyl (C=O) groups is 1. The van der Waals surface area contributed by atoms with Crippen molar-refractivity contribution in [1.82, 2.24) is 0 Å². The van der Waals surface area contributed by atoms with Gasteiger partial charge in [-0.15, -0.1) is 0 Å². The fourth-order valence-electron chi connectivity index (χ4n) is 1.44. The predicted octanol–water partition coefficient (Wildman–Crippen LogP) is 4.85. The molecule has 92 valence electrons. The van der Waals surface area contributed by atoms with Gasteiger partial charge in [0.15, 0.2) is 0 Å². The van der Waals surface area contributed by atoms with Crippen LogP contribution in [0.25, 0.3) is 0 Å². The zero-order valence-corrected chi connectivity index (χ0v) is 12.8. The summed E-state index contributed by atoms with van der Waals surface area (Å²) in [5.41, 5.74) is 1.14. The second kappa shape index (κ2) is 5.91. The third kappa shape index (κ3) is 3.37. The lowest BCUT2D eigenvalue weighted by molar-refractivity contribution is 0.102. The van der Waals surface area contributed by atoms with E-state index >= 15 is 0 Å². The molecule has 5 heteroatoms. The van der Waals surface area contributed by atoms with Gasteiger partial charge in [0.2, 0.25) is 0 Å². The standard InChI is InChI=1S/C13H8Cl2INO/c14-8-4-5-11(12(15)6-8)13(18)17-10-3-1-2-9(16)7-10/h1-7H,(H,17,18). The van der Waals surface area contributed by atoms with Crippen LogP contribution in [0.15, 0.2) is 42.5 Å². The van der Waals surface area contributed by atoms with E-state index < -0.39 is 0 Å². The van der Waals surface area contributed by atoms with E-state index in [0.29, 0.717) is 15.6 Å². The van der Waals surface area contributed by atoms with Crippen molar-refractivity contribution < 1.29 is 4.79 Å². The normalized spacial score (nSPS) is 10.2. The summed E-state index contributed by atoms with van der Waals surface area (Å²) in [6.07, 6.45) is 0. The summed E-state index contributed by atoms with van der Waals surface area (Å²) in [6.45, 7) is 0. The van der Waals surface area contributed by atoms with E-state index in [2.05, 4.69) is 27.9 Å². The number of nitrogens with one attached hydrogen (secondary N) is 1. The SMILES string of the molecule is O=C(Nc1cccc(I)c1)c1ccc(Cl)cc1Cl. The Labute approximate surface area is 128 Å². The van der Waals surface area contributed by atoms with Crippen LogP contribution in [0.2, 0.25) is 10.0 Å². The minimum absolute atomic E-state index is 0.251. The molecule has 1 N–H and O–H groups in total. The average Bonchev–Trinajstić information content (AvgIpc) is 2.28. The van der Waals surface area contributed by atoms with Crippen molar-refractivity contribution in [2.75, 3.05) is 5.32 Å². The van der Waals surface area contributed by atoms with Crippen LogP contribution in [-0.2, 0) is 0 Å². The molecule has 0 heterocycles. The van der Waals surface area contributed by atoms with Crippen molar-refractivity contribution in [3.63, 3.8) is 0 Å². The van der Waals surface area contributed by atoms with Gasteiger partial charge in [-0.25, -0.2) is 0 Å². The van der Waals surface area contributed by atoms with Crippen molar-refractivity contribution in [3.8, 4) is 0 Å². The van der Waals surface area contributed by atoms with Crippen molar-refractivity contribution >= 4 is 57.4 Å². The predicted molar refractivity (Wildman–Crippen MR) is 83.6 cm³/mol. The van der Waals surface area contributed by atoms with Crippen molar-refractivity contribution in [3.05, 3.63) is 61.6 Å². The van der Waals surface area contributed by atoms with Crippen LogP contribution in [-0.4, -0.2) is 5.91 Å². The van der Waals surface area contributed by atoms with E-state index in [0.717, 1.165) is 9.26 Å². The summed E-state index contributed by atoms with van der Waals surface area (Å²) in [6, 6.07) is 12.3. The fourth-order valence-corrected chi connectivity index (χ4v) is 2.48. The first-order chi connectivity index (χ1) is 8.56. The summed E-state index contributed by atoms with van der Waals surface area (Å²) >= 11 is 13.9. The van der Waals surface area contributed by atoms with Gasteiger partial charge in [-0.05, 0) is 59.0 Å². The minimum Gasteiger partial charge on any atom is -0.322 e. The Morgan fingerprint density at radius 3 is 2.56 bits per heavy atom. The van der Waals surface area contributed by atoms with Crippen LogP contribution in [0.1, 0.15) is 10.4 Å². The zero-order valence-electron chi connectivity index (χ0n) is 9.08. The number of rotatable bonds is 2. The summed E-state index contributed by atoms with van der Waals surface area (Å²) < 4.78 is 1.05. The van der Waals surface area contributed by atoms with E-state index in [1.165, 1.54) is 0 Å². The molecule has 0 saturated heterocycles. The van der Waals surface area contributed by atoms with Gasteiger partial charge in [0, 0.05) is 14.3 Å². The van der Waals surface area contributed by atoms with Crippen LogP contribution in [0.5, 0.6) is 0 Å². The molecular weight excluding hydrogens is 384 g/mol. The smallest absolute Gasteiger partial charge is 0.257 e. The number of halogens is 3. The Morgan fingerprint density at radius 1 is 1.11 bits per heavy atom. The van der Waals surface area contributed by atoms with Crippen LogP contribution in [0, 0.1) is 3.57 Å². The highest BCUT2D eigenvalue weighted by molar-refractivity contribution is 14.1. The Morgan fingerprint density at radius 2 is 1.89 bits per heavy atom. The average molecular weight is 392 g/mol. The van der Waals surface area contributed by atoms with Gasteiger partial charge in [-0.3, -0.25) is 4.79 Å². The molecule has 1 amide bonds. The maximum atomic E-state index is 12.0. The van der Waals surface area contributed by atoms with Crippen LogP contribution < -0.4 is 5.32 Å². The Bertz CT molecular complexity index is 601. The zero-order chi connectivity index (χ0) is 13.1. The molecule has 18 heavy (non-hydrogen) atoms. The summed E-state index contributed by atoms with van der Waals surface area (Å²) in [7, 11) is 0. The second-order valence-electron chi connectivity index (χ2n) is 3.59. The first-order valence-corrected chi connectivity index (χ1v) is 6.92. The van der Waals surface area contributed by atoms with Gasteiger partial charge in [0.1, 0.15) is 0 Å². The molecule has 2 rings (SSSR count). The molecule has 0 radical (unpaired) electrons. The molecule has 0 atom stereocenters. The Balaban J connectivity index is 2.22. The van der Waals surface area contributed by atoms with Gasteiger partial charge < -0.3 is 5.32 Å². The highest BCUT2D eigenvalue weighted by Crippen LogP contribution is 2.22. The number of amides is 1. The van der Waals surface area contributed by atoms with Crippen LogP contribution >= 0.6 is 45.8 Å². The van der Waals surface area contributed by atoms with E-state index in [1.54, 1.807) is 18.2 Å². The van der Waals surface area contributed by atoms with Gasteiger partial charge in [0.25, 0.3) is 5.91 Å². The van der Waals surface area contributed by atoms with E-state index in [4.69, 9.17) is 23.2 Å². The molecule has 0 aliphatic heterocycles. The van der Waals surface area contributed by atoms with E-state index in [9.17, 15) is 4.79 Å². The molecule has 0 bridgehead atoms. The van der Waals surface area contributed by atoms with Crippen LogP contribution in [0.4, 0.5) is 5.69 Å². The van der Waals surface area contributed by atoms with Gasteiger partial charge in [0.05, 0.1) is 10.6 Å². The Kier molecular flexibility index (Phi) is 4.48. The molecule has 0 aliphatic rings. The number of carbonyl (C=O) groups excluding carboxylic acids is 1. The number of anilines is 1. The fraction of sp³-hybridized carbons (Fsp3) is 0. The number of hydrogen-bond donors (Lipinski definition) is 1. The number of benzene rings is 2. The third-order valence-electron chi connectivity index (χ3n) is 2.26. The maximum Gasteiger partial charge on any atom is 0.257 e. The minimum atomic E-state index is -0.251. The van der Waals surface area contributed by atoms with E-state index in [1.807, 2.05) is 24.3 Å². The summed E-state index contributed by atoms with van der Waals surface area (Å²) in [4.78, 5) is 12.0. The first-order valence-electron chi connectivity index (χ1n) is 5.08. The highest BCUT2D eigenvalue weighted by atomic mass is 127. The van der Waals surface area contributed by atoms with E-state index in [-0.39, 0.29) is 5.91 Å². The molecule has 0 aromatic heterocycles. The monoisotopic (exact) mass is 391 g/mol. The summed E-state index contributed by atoms with van der Waals surface area (Å²) in [5.74, 6) is -0.251. The molecular formula is C13H8Cl2INO. The molecule has 0 fully saturated rings. The first kappa shape index (κ1) is 13.6. The van der Waals surface area contributed by atoms with Crippen molar-refractivity contribution in [1.29, 1.82) is 0 Å². The van der Waals surface area contributed by atoms with Crippen molar-refractivity contribution in [2.45, 2.75) is 0 Å². The highest BCUT2D eigenvalue weighted by Gasteiger charge is 2.10. The Hall–Kier alpha value is -0.780. The van der Waals surface area contributed by atoms with Crippen LogP contribution in [0.3, 0.4) is 0 Å². The lowest BCUT2D eigenvalue weighted by Crippen LogP contribution is -2.12. The molecule has 0 spiro atoms. The summed E-state index contributed by atoms with van der Waals surface area (Å²) in [5, 5.41) is 3.63. The molecule has 0 saturated carbocycles. The lowest BCUT2D eigenvalue weighted by Gasteiger charge is -2.07. The largest absolute Gasteiger partial charge is 0.322 e. The molecule has 2 aromatic carbocycles. The van der Waals surface area contributed by atoms with Gasteiger partial charge in [-0.1, -0.05) is 29.3 Å². The topological polar surface area (TPSA) is 29.1 Å². The van der Waals surface area contributed by atoms with Crippen molar-refractivity contribution in [2.24, 2.45) is 0 Å². The maximum absolute atomic E-state index is 12.0. The molecule has 0 unspecified atom stereocenters. The molecule has 2 aromatic rings. The second-order valence-corrected chi connectivity index (χ2v) is 5.68.